The van der Waals surface area contributed by atoms with Gasteiger partial charge < -0.3 is 19.2 Å². The van der Waals surface area contributed by atoms with E-state index in [0.717, 1.165) is 10.9 Å². The van der Waals surface area contributed by atoms with E-state index < -0.39 is 23.7 Å². The Morgan fingerprint density at radius 2 is 1.91 bits per heavy atom. The predicted octanol–water partition coefficient (Wildman–Crippen LogP) is 3.50. The van der Waals surface area contributed by atoms with Gasteiger partial charge in [0.2, 0.25) is 0 Å². The minimum atomic E-state index is -0.988. The predicted molar refractivity (Wildman–Crippen MR) is 114 cm³/mol. The first kappa shape index (κ1) is 20.9. The Labute approximate surface area is 182 Å². The molecule has 160 valence electrons. The Hall–Kier alpha value is -4.38. The minimum Gasteiger partial charge on any atom is -0.462 e. The average molecular weight is 430 g/mol. The zero-order chi connectivity index (χ0) is 22.8. The normalized spacial score (nSPS) is 15.4. The highest BCUT2D eigenvalue weighted by Crippen LogP contribution is 2.37. The minimum absolute atomic E-state index is 0.0207. The molecule has 1 aliphatic rings. The van der Waals surface area contributed by atoms with Crippen LogP contribution in [0.5, 0.6) is 0 Å². The number of hydrogen-bond donors (Lipinski definition) is 1. The monoisotopic (exact) mass is 430 g/mol. The van der Waals surface area contributed by atoms with Crippen LogP contribution in [0, 0.1) is 18.3 Å². The second-order valence-corrected chi connectivity index (χ2v) is 7.11. The molecule has 0 saturated carbocycles. The van der Waals surface area contributed by atoms with Gasteiger partial charge in [0, 0.05) is 23.2 Å². The third-order valence-corrected chi connectivity index (χ3v) is 5.02. The smallest absolute Gasteiger partial charge is 0.356 e. The van der Waals surface area contributed by atoms with E-state index in [-0.39, 0.29) is 17.9 Å². The van der Waals surface area contributed by atoms with E-state index in [1.54, 1.807) is 56.3 Å². The highest BCUT2D eigenvalue weighted by atomic mass is 16.6. The lowest BCUT2D eigenvalue weighted by Crippen LogP contribution is -2.16. The van der Waals surface area contributed by atoms with Gasteiger partial charge in [-0.3, -0.25) is 0 Å². The summed E-state index contributed by atoms with van der Waals surface area (Å²) in [6.07, 6.45) is -0.988. The molecule has 0 fully saturated rings. The summed E-state index contributed by atoms with van der Waals surface area (Å²) >= 11 is 0. The Balaban J connectivity index is 1.77. The van der Waals surface area contributed by atoms with Gasteiger partial charge in [-0.1, -0.05) is 12.1 Å². The van der Waals surface area contributed by atoms with E-state index in [2.05, 4.69) is 5.32 Å². The molecule has 0 radical (unpaired) electrons. The summed E-state index contributed by atoms with van der Waals surface area (Å²) in [5, 5.41) is 12.7. The third kappa shape index (κ3) is 3.84. The highest BCUT2D eigenvalue weighted by molar-refractivity contribution is 6.06. The number of hydrogen-bond acceptors (Lipinski definition) is 8. The maximum Gasteiger partial charge on any atom is 0.356 e. The SMILES string of the molecule is CCOC(=O)C1=C(Nc2ccc3c(C)cc(=O)oc3c2)C(=O)OC1c1ccc(C#N)cc1. The molecule has 0 spiro atoms. The summed E-state index contributed by atoms with van der Waals surface area (Å²) in [6.45, 7) is 3.57. The van der Waals surface area contributed by atoms with Gasteiger partial charge in [0.15, 0.2) is 6.10 Å². The van der Waals surface area contributed by atoms with Crippen molar-refractivity contribution in [2.75, 3.05) is 11.9 Å². The second-order valence-electron chi connectivity index (χ2n) is 7.11. The Morgan fingerprint density at radius 3 is 2.59 bits per heavy atom. The molecule has 1 atom stereocenters. The molecule has 8 heteroatoms. The molecule has 0 amide bonds. The number of nitrogens with zero attached hydrogens (tertiary/aromatic N) is 1. The fourth-order valence-electron chi connectivity index (χ4n) is 3.52. The molecule has 1 aliphatic heterocycles. The molecule has 2 heterocycles. The number of anilines is 1. The topological polar surface area (TPSA) is 119 Å². The highest BCUT2D eigenvalue weighted by Gasteiger charge is 2.40. The van der Waals surface area contributed by atoms with Crippen molar-refractivity contribution in [1.29, 1.82) is 5.26 Å². The number of benzene rings is 2. The Morgan fingerprint density at radius 1 is 1.16 bits per heavy atom. The molecular weight excluding hydrogens is 412 g/mol. The van der Waals surface area contributed by atoms with Crippen LogP contribution in [0.2, 0.25) is 0 Å². The van der Waals surface area contributed by atoms with Crippen LogP contribution in [0.4, 0.5) is 5.69 Å². The van der Waals surface area contributed by atoms with Gasteiger partial charge in [-0.05, 0) is 49.2 Å². The fraction of sp³-hybridized carbons (Fsp3) is 0.167. The summed E-state index contributed by atoms with van der Waals surface area (Å²) in [5.74, 6) is -1.42. The van der Waals surface area contributed by atoms with E-state index >= 15 is 0 Å². The van der Waals surface area contributed by atoms with Crippen molar-refractivity contribution in [1.82, 2.24) is 0 Å². The maximum atomic E-state index is 12.7. The number of aryl methyl sites for hydroxylation is 1. The van der Waals surface area contributed by atoms with Crippen molar-refractivity contribution in [2.24, 2.45) is 0 Å². The lowest BCUT2D eigenvalue weighted by molar-refractivity contribution is -0.142. The van der Waals surface area contributed by atoms with Crippen molar-refractivity contribution in [3.8, 4) is 6.07 Å². The van der Waals surface area contributed by atoms with Gasteiger partial charge in [-0.25, -0.2) is 14.4 Å². The maximum absolute atomic E-state index is 12.7. The standard InChI is InChI=1S/C24H18N2O6/c1-3-30-23(28)20-21(24(29)32-22(20)15-6-4-14(12-25)5-7-15)26-16-8-9-17-13(2)10-19(27)31-18(17)11-16/h4-11,22,26H,3H2,1-2H3. The summed E-state index contributed by atoms with van der Waals surface area (Å²) in [5.41, 5.74) is 1.96. The fourth-order valence-corrected chi connectivity index (χ4v) is 3.52. The van der Waals surface area contributed by atoms with Gasteiger partial charge >= 0.3 is 17.6 Å². The van der Waals surface area contributed by atoms with E-state index in [0.29, 0.717) is 22.4 Å². The Kier molecular flexibility index (Phi) is 5.48. The summed E-state index contributed by atoms with van der Waals surface area (Å²) in [4.78, 5) is 37.2. The van der Waals surface area contributed by atoms with Crippen LogP contribution in [0.25, 0.3) is 11.0 Å². The zero-order valence-corrected chi connectivity index (χ0v) is 17.3. The van der Waals surface area contributed by atoms with Gasteiger partial charge in [-0.15, -0.1) is 0 Å². The largest absolute Gasteiger partial charge is 0.462 e. The van der Waals surface area contributed by atoms with E-state index in [1.165, 1.54) is 6.07 Å². The number of nitrogens with one attached hydrogen (secondary N) is 1. The first-order valence-electron chi connectivity index (χ1n) is 9.85. The van der Waals surface area contributed by atoms with E-state index in [1.807, 2.05) is 6.07 Å². The average Bonchev–Trinajstić information content (AvgIpc) is 3.09. The van der Waals surface area contributed by atoms with Crippen LogP contribution in [0.1, 0.15) is 29.7 Å². The van der Waals surface area contributed by atoms with E-state index in [9.17, 15) is 14.4 Å². The van der Waals surface area contributed by atoms with Crippen molar-refractivity contribution in [3.05, 3.63) is 86.9 Å². The molecule has 3 aromatic rings. The van der Waals surface area contributed by atoms with E-state index in [4.69, 9.17) is 19.2 Å². The molecular formula is C24H18N2O6. The molecule has 0 saturated heterocycles. The molecule has 1 aromatic heterocycles. The van der Waals surface area contributed by atoms with Crippen LogP contribution < -0.4 is 10.9 Å². The lowest BCUT2D eigenvalue weighted by Gasteiger charge is -2.13. The molecule has 2 aromatic carbocycles. The van der Waals surface area contributed by atoms with Crippen LogP contribution in [0.3, 0.4) is 0 Å². The number of cyclic esters (lactones) is 1. The van der Waals surface area contributed by atoms with Gasteiger partial charge in [0.1, 0.15) is 16.9 Å². The number of nitriles is 1. The zero-order valence-electron chi connectivity index (χ0n) is 17.3. The van der Waals surface area contributed by atoms with Gasteiger partial charge in [-0.2, -0.15) is 5.26 Å². The van der Waals surface area contributed by atoms with Gasteiger partial charge in [0.05, 0.1) is 18.2 Å². The Bertz CT molecular complexity index is 1360. The first-order chi connectivity index (χ1) is 15.4. The van der Waals surface area contributed by atoms with Crippen LogP contribution in [-0.2, 0) is 19.1 Å². The number of carbonyl (C=O) groups is 2. The number of rotatable bonds is 5. The summed E-state index contributed by atoms with van der Waals surface area (Å²) in [6, 6.07) is 14.8. The van der Waals surface area contributed by atoms with Crippen molar-refractivity contribution in [2.45, 2.75) is 20.0 Å². The third-order valence-electron chi connectivity index (χ3n) is 5.02. The molecule has 0 bridgehead atoms. The summed E-state index contributed by atoms with van der Waals surface area (Å²) < 4.78 is 15.9. The number of carbonyl (C=O) groups excluding carboxylic acids is 2. The number of ether oxygens (including phenoxy) is 2. The van der Waals surface area contributed by atoms with Crippen LogP contribution in [-0.4, -0.2) is 18.5 Å². The lowest BCUT2D eigenvalue weighted by atomic mass is 10.00. The number of fused-ring (bicyclic) bond motifs is 1. The first-order valence-corrected chi connectivity index (χ1v) is 9.85. The van der Waals surface area contributed by atoms with Crippen LogP contribution in [0.15, 0.2) is 69.0 Å². The second kappa shape index (κ2) is 8.40. The molecule has 32 heavy (non-hydrogen) atoms. The molecule has 4 rings (SSSR count). The van der Waals surface area contributed by atoms with Crippen LogP contribution >= 0.6 is 0 Å². The molecule has 8 nitrogen and oxygen atoms in total. The van der Waals surface area contributed by atoms with Gasteiger partial charge in [0.25, 0.3) is 0 Å². The molecule has 0 aliphatic carbocycles. The quantitative estimate of drug-likeness (QED) is 0.483. The van der Waals surface area contributed by atoms with Crippen molar-refractivity contribution in [3.63, 3.8) is 0 Å². The number of esters is 2. The van der Waals surface area contributed by atoms with Crippen molar-refractivity contribution >= 4 is 28.6 Å². The van der Waals surface area contributed by atoms with Crippen molar-refractivity contribution < 1.29 is 23.5 Å². The molecule has 1 N–H and O–H groups in total. The summed E-state index contributed by atoms with van der Waals surface area (Å²) in [7, 11) is 0. The molecule has 1 unspecified atom stereocenters.